The molecule has 0 bridgehead atoms. The molecule has 1 N–H and O–H groups in total. The zero-order chi connectivity index (χ0) is 8.27. The molecule has 3 nitrogen and oxygen atoms in total. The van der Waals surface area contributed by atoms with Crippen molar-refractivity contribution in [2.75, 3.05) is 0 Å². The molecule has 11 heavy (non-hydrogen) atoms. The van der Waals surface area contributed by atoms with Gasteiger partial charge in [-0.2, -0.15) is 0 Å². The smallest absolute Gasteiger partial charge is 0.0948 e. The first-order chi connectivity index (χ1) is 5.24. The monoisotopic (exact) mass is 154 g/mol. The van der Waals surface area contributed by atoms with Gasteiger partial charge in [0.05, 0.1) is 12.4 Å². The number of aromatic nitrogens is 2. The number of aliphatic hydroxyl groups excluding tert-OH is 1. The number of imidazole rings is 1. The Kier molecular flexibility index (Phi) is 2.65. The van der Waals surface area contributed by atoms with E-state index in [0.29, 0.717) is 6.42 Å². The van der Waals surface area contributed by atoms with Gasteiger partial charge in [-0.1, -0.05) is 0 Å². The Morgan fingerprint density at radius 2 is 2.45 bits per heavy atom. The molecule has 0 aliphatic carbocycles. The van der Waals surface area contributed by atoms with Crippen LogP contribution < -0.4 is 0 Å². The number of rotatable bonds is 3. The van der Waals surface area contributed by atoms with Crippen molar-refractivity contribution in [3.63, 3.8) is 0 Å². The summed E-state index contributed by atoms with van der Waals surface area (Å²) in [5.41, 5.74) is 1.10. The highest BCUT2D eigenvalue weighted by Crippen LogP contribution is 2.02. The highest BCUT2D eigenvalue weighted by atomic mass is 16.3. The minimum Gasteiger partial charge on any atom is -0.393 e. The highest BCUT2D eigenvalue weighted by Gasteiger charge is 2.02. The summed E-state index contributed by atoms with van der Waals surface area (Å²) in [7, 11) is 0. The fraction of sp³-hybridized carbons (Fsp3) is 0.625. The Morgan fingerprint density at radius 3 is 3.00 bits per heavy atom. The summed E-state index contributed by atoms with van der Waals surface area (Å²) in [5, 5.41) is 9.10. The molecule has 0 aromatic carbocycles. The normalized spacial score (nSPS) is 13.4. The molecule has 3 heteroatoms. The van der Waals surface area contributed by atoms with Crippen molar-refractivity contribution >= 4 is 0 Å². The third-order valence-corrected chi connectivity index (χ3v) is 1.64. The molecule has 1 aromatic heterocycles. The zero-order valence-electron chi connectivity index (χ0n) is 6.99. The van der Waals surface area contributed by atoms with Crippen LogP contribution in [0.25, 0.3) is 0 Å². The standard InChI is InChI=1S/C8H14N2O/c1-3-10-6-9-5-8(10)4-7(2)11/h5-7,11H,3-4H2,1-2H3. The molecule has 0 spiro atoms. The van der Waals surface area contributed by atoms with Gasteiger partial charge in [-0.3, -0.25) is 0 Å². The first kappa shape index (κ1) is 8.27. The lowest BCUT2D eigenvalue weighted by atomic mass is 10.2. The maximum atomic E-state index is 9.10. The number of nitrogens with zero attached hydrogens (tertiary/aromatic N) is 2. The van der Waals surface area contributed by atoms with E-state index in [-0.39, 0.29) is 6.10 Å². The maximum Gasteiger partial charge on any atom is 0.0948 e. The number of hydrogen-bond donors (Lipinski definition) is 1. The Morgan fingerprint density at radius 1 is 1.73 bits per heavy atom. The van der Waals surface area contributed by atoms with Crippen molar-refractivity contribution in [1.29, 1.82) is 0 Å². The quantitative estimate of drug-likeness (QED) is 0.700. The molecule has 0 radical (unpaired) electrons. The van der Waals surface area contributed by atoms with E-state index in [1.165, 1.54) is 0 Å². The SMILES string of the molecule is CCn1cncc1CC(C)O. The number of aryl methyl sites for hydroxylation is 1. The van der Waals surface area contributed by atoms with E-state index in [1.54, 1.807) is 19.4 Å². The minimum atomic E-state index is -0.281. The predicted octanol–water partition coefficient (Wildman–Crippen LogP) is 0.826. The highest BCUT2D eigenvalue weighted by molar-refractivity contribution is 4.99. The van der Waals surface area contributed by atoms with E-state index in [2.05, 4.69) is 11.9 Å². The van der Waals surface area contributed by atoms with E-state index in [9.17, 15) is 0 Å². The predicted molar refractivity (Wildman–Crippen MR) is 43.3 cm³/mol. The summed E-state index contributed by atoms with van der Waals surface area (Å²) < 4.78 is 2.03. The van der Waals surface area contributed by atoms with Crippen LogP contribution in [0.3, 0.4) is 0 Å². The van der Waals surface area contributed by atoms with Crippen LogP contribution in [0.2, 0.25) is 0 Å². The molecule has 1 aromatic rings. The van der Waals surface area contributed by atoms with Crippen LogP contribution >= 0.6 is 0 Å². The van der Waals surface area contributed by atoms with Crippen molar-refractivity contribution in [2.24, 2.45) is 0 Å². The summed E-state index contributed by atoms with van der Waals surface area (Å²) >= 11 is 0. The Balaban J connectivity index is 2.68. The van der Waals surface area contributed by atoms with Crippen molar-refractivity contribution < 1.29 is 5.11 Å². The van der Waals surface area contributed by atoms with E-state index >= 15 is 0 Å². The fourth-order valence-electron chi connectivity index (χ4n) is 1.11. The first-order valence-corrected chi connectivity index (χ1v) is 3.91. The molecule has 0 fully saturated rings. The van der Waals surface area contributed by atoms with Crippen LogP contribution in [0.1, 0.15) is 19.5 Å². The molecule has 0 aliphatic rings. The van der Waals surface area contributed by atoms with Gasteiger partial charge in [0.15, 0.2) is 0 Å². The van der Waals surface area contributed by atoms with Gasteiger partial charge in [-0.25, -0.2) is 4.98 Å². The second-order valence-electron chi connectivity index (χ2n) is 2.72. The lowest BCUT2D eigenvalue weighted by molar-refractivity contribution is 0.193. The second kappa shape index (κ2) is 3.53. The summed E-state index contributed by atoms with van der Waals surface area (Å²) in [6.45, 7) is 4.77. The van der Waals surface area contributed by atoms with Crippen LogP contribution in [0.5, 0.6) is 0 Å². The van der Waals surface area contributed by atoms with Gasteiger partial charge in [-0.05, 0) is 13.8 Å². The van der Waals surface area contributed by atoms with Gasteiger partial charge in [-0.15, -0.1) is 0 Å². The third-order valence-electron chi connectivity index (χ3n) is 1.64. The van der Waals surface area contributed by atoms with E-state index in [4.69, 9.17) is 5.11 Å². The zero-order valence-corrected chi connectivity index (χ0v) is 6.99. The molecule has 0 saturated carbocycles. The summed E-state index contributed by atoms with van der Waals surface area (Å²) in [4.78, 5) is 4.00. The van der Waals surface area contributed by atoms with Gasteiger partial charge in [0.25, 0.3) is 0 Å². The summed E-state index contributed by atoms with van der Waals surface area (Å²) in [6.07, 6.45) is 4.00. The second-order valence-corrected chi connectivity index (χ2v) is 2.72. The van der Waals surface area contributed by atoms with Crippen molar-refractivity contribution in [2.45, 2.75) is 32.9 Å². The van der Waals surface area contributed by atoms with Crippen LogP contribution in [0.15, 0.2) is 12.5 Å². The first-order valence-electron chi connectivity index (χ1n) is 3.91. The van der Waals surface area contributed by atoms with Crippen LogP contribution in [-0.4, -0.2) is 20.8 Å². The molecular weight excluding hydrogens is 140 g/mol. The van der Waals surface area contributed by atoms with Gasteiger partial charge in [0.2, 0.25) is 0 Å². The summed E-state index contributed by atoms with van der Waals surface area (Å²) in [5.74, 6) is 0. The van der Waals surface area contributed by atoms with E-state index < -0.39 is 0 Å². The molecule has 1 rings (SSSR count). The lowest BCUT2D eigenvalue weighted by Gasteiger charge is -2.05. The average Bonchev–Trinajstić information content (AvgIpc) is 2.34. The number of aliphatic hydroxyl groups is 1. The molecule has 1 unspecified atom stereocenters. The molecular formula is C8H14N2O. The third kappa shape index (κ3) is 2.05. The van der Waals surface area contributed by atoms with Gasteiger partial charge in [0, 0.05) is 24.9 Å². The average molecular weight is 154 g/mol. The molecule has 0 amide bonds. The molecule has 0 aliphatic heterocycles. The topological polar surface area (TPSA) is 38.0 Å². The van der Waals surface area contributed by atoms with Gasteiger partial charge < -0.3 is 9.67 Å². The Bertz CT molecular complexity index is 218. The van der Waals surface area contributed by atoms with Crippen LogP contribution in [0.4, 0.5) is 0 Å². The van der Waals surface area contributed by atoms with E-state index in [0.717, 1.165) is 12.2 Å². The Labute approximate surface area is 66.7 Å². The lowest BCUT2D eigenvalue weighted by Crippen LogP contribution is -2.08. The molecule has 1 heterocycles. The van der Waals surface area contributed by atoms with Crippen molar-refractivity contribution in [3.8, 4) is 0 Å². The molecule has 0 saturated heterocycles. The van der Waals surface area contributed by atoms with Crippen LogP contribution in [0, 0.1) is 0 Å². The number of hydrogen-bond acceptors (Lipinski definition) is 2. The van der Waals surface area contributed by atoms with Crippen molar-refractivity contribution in [3.05, 3.63) is 18.2 Å². The minimum absolute atomic E-state index is 0.281. The van der Waals surface area contributed by atoms with Gasteiger partial charge >= 0.3 is 0 Å². The Hall–Kier alpha value is -0.830. The van der Waals surface area contributed by atoms with Gasteiger partial charge in [0.1, 0.15) is 0 Å². The van der Waals surface area contributed by atoms with Crippen LogP contribution in [-0.2, 0) is 13.0 Å². The molecule has 1 atom stereocenters. The molecule has 62 valence electrons. The fourth-order valence-corrected chi connectivity index (χ4v) is 1.11. The van der Waals surface area contributed by atoms with E-state index in [1.807, 2.05) is 4.57 Å². The largest absolute Gasteiger partial charge is 0.393 e. The maximum absolute atomic E-state index is 9.10. The summed E-state index contributed by atoms with van der Waals surface area (Å²) in [6, 6.07) is 0. The van der Waals surface area contributed by atoms with Crippen molar-refractivity contribution in [1.82, 2.24) is 9.55 Å².